The van der Waals surface area contributed by atoms with Crippen LogP contribution in [0.3, 0.4) is 0 Å². The fraction of sp³-hybridized carbons (Fsp3) is 0.789. The van der Waals surface area contributed by atoms with Crippen molar-refractivity contribution in [3.05, 3.63) is 17.5 Å². The molecule has 0 radical (unpaired) electrons. The summed E-state index contributed by atoms with van der Waals surface area (Å²) in [6.45, 7) is 9.79. The van der Waals surface area contributed by atoms with Gasteiger partial charge in [-0.15, -0.1) is 0 Å². The molecule has 1 aromatic heterocycles. The van der Waals surface area contributed by atoms with Crippen LogP contribution in [-0.4, -0.2) is 69.9 Å². The highest BCUT2D eigenvalue weighted by molar-refractivity contribution is 5.76. The highest BCUT2D eigenvalue weighted by atomic mass is 16.3. The molecule has 0 spiro atoms. The van der Waals surface area contributed by atoms with Crippen LogP contribution < -0.4 is 0 Å². The molecule has 6 heteroatoms. The number of amides is 1. The van der Waals surface area contributed by atoms with Crippen molar-refractivity contribution in [3.63, 3.8) is 0 Å². The third-order valence-electron chi connectivity index (χ3n) is 5.59. The summed E-state index contributed by atoms with van der Waals surface area (Å²) in [6.07, 6.45) is 4.10. The predicted molar refractivity (Wildman–Crippen MR) is 97.3 cm³/mol. The number of aliphatic hydroxyl groups is 1. The van der Waals surface area contributed by atoms with Crippen molar-refractivity contribution in [2.45, 2.75) is 46.1 Å². The smallest absolute Gasteiger partial charge is 0.224 e. The van der Waals surface area contributed by atoms with Crippen LogP contribution in [0.1, 0.15) is 37.1 Å². The first-order chi connectivity index (χ1) is 12.0. The van der Waals surface area contributed by atoms with Crippen LogP contribution in [0.15, 0.2) is 6.07 Å². The van der Waals surface area contributed by atoms with Crippen molar-refractivity contribution in [1.82, 2.24) is 19.6 Å². The Balaban J connectivity index is 1.55. The van der Waals surface area contributed by atoms with E-state index in [1.165, 1.54) is 25.9 Å². The standard InChI is InChI=1S/C19H32N4O2/c1-15-9-16(2)23(20-15)8-5-19(25)22-12-17(10-18(13-22)14-24)11-21-6-3-4-7-21/h9,17-18,24H,3-8,10-14H2,1-2H3/t17-,18+/m1/s1. The van der Waals surface area contributed by atoms with Crippen molar-refractivity contribution in [1.29, 1.82) is 0 Å². The Bertz CT molecular complexity index is 580. The Kier molecular flexibility index (Phi) is 6.12. The lowest BCUT2D eigenvalue weighted by molar-refractivity contribution is -0.135. The summed E-state index contributed by atoms with van der Waals surface area (Å²) in [4.78, 5) is 17.2. The molecule has 1 amide bonds. The lowest BCUT2D eigenvalue weighted by Crippen LogP contribution is -2.47. The van der Waals surface area contributed by atoms with Crippen LogP contribution in [0.4, 0.5) is 0 Å². The number of piperidine rings is 1. The fourth-order valence-corrected chi connectivity index (χ4v) is 4.38. The molecule has 1 N–H and O–H groups in total. The zero-order valence-electron chi connectivity index (χ0n) is 15.7. The number of aryl methyl sites for hydroxylation is 3. The average molecular weight is 348 g/mol. The third-order valence-corrected chi connectivity index (χ3v) is 5.59. The molecule has 3 rings (SSSR count). The van der Waals surface area contributed by atoms with Crippen molar-refractivity contribution in [3.8, 4) is 0 Å². The molecule has 3 heterocycles. The molecular formula is C19H32N4O2. The quantitative estimate of drug-likeness (QED) is 0.845. The number of aliphatic hydroxyl groups excluding tert-OH is 1. The van der Waals surface area contributed by atoms with Crippen molar-refractivity contribution in [2.75, 3.05) is 39.3 Å². The van der Waals surface area contributed by atoms with Gasteiger partial charge in [-0.25, -0.2) is 0 Å². The Labute approximate surface area is 150 Å². The Hall–Kier alpha value is -1.40. The van der Waals surface area contributed by atoms with Gasteiger partial charge < -0.3 is 14.9 Å². The van der Waals surface area contributed by atoms with E-state index in [4.69, 9.17) is 0 Å². The molecule has 140 valence electrons. The summed E-state index contributed by atoms with van der Waals surface area (Å²) in [5, 5.41) is 14.1. The molecule has 2 fully saturated rings. The molecule has 0 bridgehead atoms. The van der Waals surface area contributed by atoms with Gasteiger partial charge in [0.1, 0.15) is 0 Å². The second kappa shape index (κ2) is 8.32. The van der Waals surface area contributed by atoms with E-state index in [1.807, 2.05) is 29.5 Å². The van der Waals surface area contributed by atoms with E-state index in [-0.39, 0.29) is 18.4 Å². The van der Waals surface area contributed by atoms with Crippen molar-refractivity contribution < 1.29 is 9.90 Å². The first-order valence-corrected chi connectivity index (χ1v) is 9.67. The lowest BCUT2D eigenvalue weighted by Gasteiger charge is -2.38. The Morgan fingerprint density at radius 3 is 2.60 bits per heavy atom. The highest BCUT2D eigenvalue weighted by Crippen LogP contribution is 2.24. The minimum absolute atomic E-state index is 0.178. The molecule has 2 atom stereocenters. The zero-order chi connectivity index (χ0) is 17.8. The van der Waals surface area contributed by atoms with E-state index in [0.29, 0.717) is 25.4 Å². The Morgan fingerprint density at radius 2 is 1.96 bits per heavy atom. The molecule has 2 aliphatic heterocycles. The maximum absolute atomic E-state index is 12.7. The number of carbonyl (C=O) groups excluding carboxylic acids is 1. The second-order valence-corrected chi connectivity index (χ2v) is 7.86. The number of nitrogens with zero attached hydrogens (tertiary/aromatic N) is 4. The summed E-state index contributed by atoms with van der Waals surface area (Å²) in [5.74, 6) is 0.901. The Morgan fingerprint density at radius 1 is 1.24 bits per heavy atom. The van der Waals surface area contributed by atoms with Crippen LogP contribution >= 0.6 is 0 Å². The topological polar surface area (TPSA) is 61.6 Å². The zero-order valence-corrected chi connectivity index (χ0v) is 15.7. The van der Waals surface area contributed by atoms with Crippen molar-refractivity contribution in [2.24, 2.45) is 11.8 Å². The molecule has 1 aromatic rings. The minimum atomic E-state index is 0.178. The van der Waals surface area contributed by atoms with Crippen LogP contribution in [0.25, 0.3) is 0 Å². The predicted octanol–water partition coefficient (Wildman–Crippen LogP) is 1.44. The second-order valence-electron chi connectivity index (χ2n) is 7.86. The van der Waals surface area contributed by atoms with E-state index in [9.17, 15) is 9.90 Å². The maximum Gasteiger partial charge on any atom is 0.224 e. The summed E-state index contributed by atoms with van der Waals surface area (Å²) >= 11 is 0. The SMILES string of the molecule is Cc1cc(C)n(CCC(=O)N2C[C@@H](CN3CCCC3)C[C@H](CO)C2)n1. The normalized spacial score (nSPS) is 24.8. The van der Waals surface area contributed by atoms with Crippen LogP contribution in [0.2, 0.25) is 0 Å². The van der Waals surface area contributed by atoms with E-state index < -0.39 is 0 Å². The van der Waals surface area contributed by atoms with Gasteiger partial charge in [-0.2, -0.15) is 5.10 Å². The van der Waals surface area contributed by atoms with Gasteiger partial charge in [0.2, 0.25) is 5.91 Å². The third kappa shape index (κ3) is 4.82. The number of aromatic nitrogens is 2. The van der Waals surface area contributed by atoms with Gasteiger partial charge in [0, 0.05) is 44.9 Å². The van der Waals surface area contributed by atoms with Gasteiger partial charge in [0.25, 0.3) is 0 Å². The monoisotopic (exact) mass is 348 g/mol. The molecule has 25 heavy (non-hydrogen) atoms. The lowest BCUT2D eigenvalue weighted by atomic mass is 9.89. The summed E-state index contributed by atoms with van der Waals surface area (Å²) < 4.78 is 1.92. The molecule has 6 nitrogen and oxygen atoms in total. The summed E-state index contributed by atoms with van der Waals surface area (Å²) in [6, 6.07) is 2.04. The van der Waals surface area contributed by atoms with E-state index >= 15 is 0 Å². The average Bonchev–Trinajstić information content (AvgIpc) is 3.21. The van der Waals surface area contributed by atoms with Crippen LogP contribution in [-0.2, 0) is 11.3 Å². The first-order valence-electron chi connectivity index (χ1n) is 9.67. The van der Waals surface area contributed by atoms with Gasteiger partial charge in [0.15, 0.2) is 0 Å². The van der Waals surface area contributed by atoms with Gasteiger partial charge in [0.05, 0.1) is 5.69 Å². The maximum atomic E-state index is 12.7. The highest BCUT2D eigenvalue weighted by Gasteiger charge is 2.31. The van der Waals surface area contributed by atoms with Gasteiger partial charge in [-0.3, -0.25) is 9.48 Å². The molecule has 2 saturated heterocycles. The van der Waals surface area contributed by atoms with Gasteiger partial charge >= 0.3 is 0 Å². The van der Waals surface area contributed by atoms with Gasteiger partial charge in [-0.05, 0) is 64.1 Å². The molecule has 2 aliphatic rings. The largest absolute Gasteiger partial charge is 0.396 e. The first kappa shape index (κ1) is 18.4. The van der Waals surface area contributed by atoms with Gasteiger partial charge in [-0.1, -0.05) is 0 Å². The number of hydrogen-bond donors (Lipinski definition) is 1. The molecule has 0 aliphatic carbocycles. The van der Waals surface area contributed by atoms with E-state index in [2.05, 4.69) is 10.00 Å². The number of rotatable bonds is 6. The van der Waals surface area contributed by atoms with E-state index in [0.717, 1.165) is 30.9 Å². The number of hydrogen-bond acceptors (Lipinski definition) is 4. The molecular weight excluding hydrogens is 316 g/mol. The van der Waals surface area contributed by atoms with Crippen LogP contribution in [0, 0.1) is 25.7 Å². The number of likely N-dealkylation sites (tertiary alicyclic amines) is 2. The molecule has 0 unspecified atom stereocenters. The fourth-order valence-electron chi connectivity index (χ4n) is 4.38. The molecule has 0 aromatic carbocycles. The van der Waals surface area contributed by atoms with Crippen molar-refractivity contribution >= 4 is 5.91 Å². The molecule has 0 saturated carbocycles. The summed E-state index contributed by atoms with van der Waals surface area (Å²) in [5.41, 5.74) is 2.10. The van der Waals surface area contributed by atoms with E-state index in [1.54, 1.807) is 0 Å². The minimum Gasteiger partial charge on any atom is -0.396 e. The number of carbonyl (C=O) groups is 1. The summed E-state index contributed by atoms with van der Waals surface area (Å²) in [7, 11) is 0. The van der Waals surface area contributed by atoms with Crippen LogP contribution in [0.5, 0.6) is 0 Å².